The van der Waals surface area contributed by atoms with Crippen LogP contribution in [-0.4, -0.2) is 41.7 Å². The van der Waals surface area contributed by atoms with Gasteiger partial charge in [-0.25, -0.2) is 4.39 Å². The van der Waals surface area contributed by atoms with Crippen molar-refractivity contribution in [1.29, 1.82) is 0 Å². The van der Waals surface area contributed by atoms with Crippen LogP contribution in [0.4, 0.5) is 30.7 Å². The second-order valence-electron chi connectivity index (χ2n) is 10.1. The highest BCUT2D eigenvalue weighted by molar-refractivity contribution is 5.70. The third-order valence-electron chi connectivity index (χ3n) is 7.53. The van der Waals surface area contributed by atoms with E-state index in [0.717, 1.165) is 5.56 Å². The van der Waals surface area contributed by atoms with Gasteiger partial charge in [0.05, 0.1) is 29.8 Å². The molecule has 0 radical (unpaired) electrons. The van der Waals surface area contributed by atoms with Crippen molar-refractivity contribution < 1.29 is 45.4 Å². The minimum absolute atomic E-state index is 0.0408. The molecule has 0 aromatic heterocycles. The lowest BCUT2D eigenvalue weighted by atomic mass is 9.86. The average Bonchev–Trinajstić information content (AvgIpc) is 3.24. The number of likely N-dealkylation sites (tertiary alicyclic amines) is 1. The van der Waals surface area contributed by atoms with E-state index >= 15 is 0 Å². The van der Waals surface area contributed by atoms with Crippen LogP contribution >= 0.6 is 0 Å². The van der Waals surface area contributed by atoms with E-state index < -0.39 is 48.0 Å². The smallest absolute Gasteiger partial charge is 0.416 e. The second-order valence-corrected chi connectivity index (χ2v) is 10.1. The van der Waals surface area contributed by atoms with Gasteiger partial charge in [-0.1, -0.05) is 12.1 Å². The van der Waals surface area contributed by atoms with E-state index in [9.17, 15) is 40.6 Å². The lowest BCUT2D eigenvalue weighted by Crippen LogP contribution is -2.40. The van der Waals surface area contributed by atoms with Crippen molar-refractivity contribution in [2.75, 3.05) is 19.6 Å². The molecular formula is C27H28F7NO3. The molecule has 1 saturated heterocycles. The van der Waals surface area contributed by atoms with Gasteiger partial charge in [0, 0.05) is 12.5 Å². The highest BCUT2D eigenvalue weighted by Crippen LogP contribution is 2.43. The predicted octanol–water partition coefficient (Wildman–Crippen LogP) is 6.74. The third kappa shape index (κ3) is 6.85. The number of ether oxygens (including phenoxy) is 1. The zero-order valence-electron chi connectivity index (χ0n) is 20.4. The quantitative estimate of drug-likeness (QED) is 0.390. The van der Waals surface area contributed by atoms with Crippen LogP contribution in [0.25, 0.3) is 0 Å². The Labute approximate surface area is 215 Å². The highest BCUT2D eigenvalue weighted by atomic mass is 19.4. The lowest BCUT2D eigenvalue weighted by molar-refractivity contribution is -0.144. The van der Waals surface area contributed by atoms with Gasteiger partial charge in [0.25, 0.3) is 0 Å². The maximum Gasteiger partial charge on any atom is 0.416 e. The number of aliphatic carboxylic acids is 1. The number of rotatable bonds is 7. The fraction of sp³-hybridized carbons (Fsp3) is 0.519. The van der Waals surface area contributed by atoms with E-state index in [-0.39, 0.29) is 29.4 Å². The van der Waals surface area contributed by atoms with E-state index in [2.05, 4.69) is 4.90 Å². The molecule has 0 bridgehead atoms. The van der Waals surface area contributed by atoms with Crippen molar-refractivity contribution in [1.82, 2.24) is 4.90 Å². The summed E-state index contributed by atoms with van der Waals surface area (Å²) in [4.78, 5) is 13.4. The monoisotopic (exact) mass is 547 g/mol. The number of carbonyl (C=O) groups is 1. The number of carboxylic acids is 1. The van der Waals surface area contributed by atoms with Crippen LogP contribution in [0.15, 0.2) is 42.5 Å². The van der Waals surface area contributed by atoms with Crippen LogP contribution in [0, 0.1) is 17.7 Å². The Bertz CT molecular complexity index is 1080. The molecule has 208 valence electrons. The Morgan fingerprint density at radius 1 is 0.895 bits per heavy atom. The van der Waals surface area contributed by atoms with Crippen molar-refractivity contribution in [3.8, 4) is 0 Å². The molecule has 4 rings (SSSR count). The van der Waals surface area contributed by atoms with Gasteiger partial charge in [-0.15, -0.1) is 0 Å². The molecule has 1 saturated carbocycles. The van der Waals surface area contributed by atoms with E-state index in [1.165, 1.54) is 12.1 Å². The number of benzene rings is 2. The molecule has 0 amide bonds. The molecule has 2 aromatic rings. The molecule has 1 heterocycles. The Morgan fingerprint density at radius 3 is 2.00 bits per heavy atom. The summed E-state index contributed by atoms with van der Waals surface area (Å²) in [6.07, 6.45) is -8.10. The van der Waals surface area contributed by atoms with Crippen LogP contribution in [0.5, 0.6) is 0 Å². The van der Waals surface area contributed by atoms with Gasteiger partial charge in [0.2, 0.25) is 0 Å². The molecule has 38 heavy (non-hydrogen) atoms. The minimum Gasteiger partial charge on any atom is -0.481 e. The normalized spacial score (nSPS) is 23.6. The van der Waals surface area contributed by atoms with Gasteiger partial charge in [-0.05, 0) is 86.1 Å². The molecule has 4 nitrogen and oxygen atoms in total. The Kier molecular flexibility index (Phi) is 8.37. The number of alkyl halides is 6. The summed E-state index contributed by atoms with van der Waals surface area (Å²) in [6, 6.07) is 7.28. The van der Waals surface area contributed by atoms with Crippen LogP contribution in [0.2, 0.25) is 0 Å². The van der Waals surface area contributed by atoms with E-state index in [4.69, 9.17) is 4.74 Å². The average molecular weight is 548 g/mol. The first-order valence-corrected chi connectivity index (χ1v) is 12.4. The highest BCUT2D eigenvalue weighted by Gasteiger charge is 2.40. The summed E-state index contributed by atoms with van der Waals surface area (Å²) >= 11 is 0. The summed E-state index contributed by atoms with van der Waals surface area (Å²) in [5.41, 5.74) is -2.24. The summed E-state index contributed by atoms with van der Waals surface area (Å²) in [7, 11) is 0. The second kappa shape index (κ2) is 11.2. The Morgan fingerprint density at radius 2 is 1.47 bits per heavy atom. The standard InChI is InChI=1S/C27H28F7NO3/c28-22-4-1-17(2-5-22)24-19(14-35-9-7-18(8-10-35)25(36)37)3-6-23(24)38-15-16-11-20(26(29,30)31)13-21(12-16)27(32,33)34/h1-2,4-5,11-13,18-19,23-24H,3,6-10,14-15H2,(H,36,37)/t19-,23-,24-/m0/s1. The summed E-state index contributed by atoms with van der Waals surface area (Å²) in [5, 5.41) is 9.24. The van der Waals surface area contributed by atoms with Crippen LogP contribution in [-0.2, 0) is 28.5 Å². The summed E-state index contributed by atoms with van der Waals surface area (Å²) in [5.74, 6) is -1.83. The van der Waals surface area contributed by atoms with Crippen molar-refractivity contribution in [3.63, 3.8) is 0 Å². The molecule has 0 spiro atoms. The first-order valence-electron chi connectivity index (χ1n) is 12.4. The fourth-order valence-electron chi connectivity index (χ4n) is 5.60. The largest absolute Gasteiger partial charge is 0.481 e. The van der Waals surface area contributed by atoms with Crippen LogP contribution in [0.1, 0.15) is 53.9 Å². The molecule has 2 fully saturated rings. The summed E-state index contributed by atoms with van der Waals surface area (Å²) < 4.78 is 99.1. The van der Waals surface area contributed by atoms with Crippen molar-refractivity contribution in [2.45, 2.75) is 56.7 Å². The first-order chi connectivity index (χ1) is 17.8. The maximum absolute atomic E-state index is 13.6. The lowest BCUT2D eigenvalue weighted by Gasteiger charge is -2.34. The van der Waals surface area contributed by atoms with E-state index in [0.29, 0.717) is 57.5 Å². The SMILES string of the molecule is O=C(O)C1CCN(C[C@@H]2CC[C@H](OCc3cc(C(F)(F)F)cc(C(F)(F)F)c3)[C@H]2c2ccc(F)cc2)CC1. The number of nitrogens with zero attached hydrogens (tertiary/aromatic N) is 1. The molecule has 11 heteroatoms. The molecule has 1 aliphatic heterocycles. The number of halogens is 7. The van der Waals surface area contributed by atoms with Crippen molar-refractivity contribution in [2.24, 2.45) is 11.8 Å². The molecular weight excluding hydrogens is 519 g/mol. The molecule has 1 aliphatic carbocycles. The molecule has 2 aliphatic rings. The van der Waals surface area contributed by atoms with Crippen LogP contribution in [0.3, 0.4) is 0 Å². The van der Waals surface area contributed by atoms with Gasteiger partial charge < -0.3 is 14.7 Å². The molecule has 3 atom stereocenters. The minimum atomic E-state index is -4.95. The number of piperidine rings is 1. The van der Waals surface area contributed by atoms with Gasteiger partial charge in [-0.2, -0.15) is 26.3 Å². The van der Waals surface area contributed by atoms with E-state index in [1.807, 2.05) is 0 Å². The molecule has 1 N–H and O–H groups in total. The number of hydrogen-bond donors (Lipinski definition) is 1. The number of hydrogen-bond acceptors (Lipinski definition) is 3. The predicted molar refractivity (Wildman–Crippen MR) is 124 cm³/mol. The Balaban J connectivity index is 1.52. The van der Waals surface area contributed by atoms with Crippen molar-refractivity contribution in [3.05, 3.63) is 70.5 Å². The zero-order valence-corrected chi connectivity index (χ0v) is 20.4. The maximum atomic E-state index is 13.6. The summed E-state index contributed by atoms with van der Waals surface area (Å²) in [6.45, 7) is 1.42. The van der Waals surface area contributed by atoms with Gasteiger partial charge in [-0.3, -0.25) is 4.79 Å². The Hall–Kier alpha value is -2.66. The topological polar surface area (TPSA) is 49.8 Å². The van der Waals surface area contributed by atoms with Gasteiger partial charge in [0.15, 0.2) is 0 Å². The van der Waals surface area contributed by atoms with Crippen LogP contribution < -0.4 is 0 Å². The van der Waals surface area contributed by atoms with Gasteiger partial charge >= 0.3 is 18.3 Å². The fourth-order valence-corrected chi connectivity index (χ4v) is 5.60. The first kappa shape index (κ1) is 28.4. The molecule has 2 aromatic carbocycles. The van der Waals surface area contributed by atoms with Crippen molar-refractivity contribution >= 4 is 5.97 Å². The number of carboxylic acid groups (broad SMARTS) is 1. The zero-order chi connectivity index (χ0) is 27.7. The van der Waals surface area contributed by atoms with Gasteiger partial charge in [0.1, 0.15) is 5.82 Å². The molecule has 0 unspecified atom stereocenters. The third-order valence-corrected chi connectivity index (χ3v) is 7.53. The van der Waals surface area contributed by atoms with E-state index in [1.54, 1.807) is 12.1 Å².